The molecule has 0 saturated carbocycles. The van der Waals surface area contributed by atoms with Crippen LogP contribution in [0.25, 0.3) is 0 Å². The van der Waals surface area contributed by atoms with E-state index in [1.807, 2.05) is 27.0 Å². The van der Waals surface area contributed by atoms with Crippen molar-refractivity contribution in [3.05, 3.63) is 51.0 Å². The molecule has 1 fully saturated rings. The summed E-state index contributed by atoms with van der Waals surface area (Å²) in [4.78, 5) is 31.6. The second-order valence-corrected chi connectivity index (χ2v) is 11.7. The van der Waals surface area contributed by atoms with E-state index in [1.54, 1.807) is 30.2 Å². The average Bonchev–Trinajstić information content (AvgIpc) is 3.04. The van der Waals surface area contributed by atoms with Gasteiger partial charge in [-0.25, -0.2) is 9.18 Å². The summed E-state index contributed by atoms with van der Waals surface area (Å²) in [5.74, 6) is -2.09. The summed E-state index contributed by atoms with van der Waals surface area (Å²) in [6.07, 6.45) is -3.27. The highest BCUT2D eigenvalue weighted by atomic mass is 32.1. The van der Waals surface area contributed by atoms with Gasteiger partial charge in [-0.3, -0.25) is 4.79 Å². The van der Waals surface area contributed by atoms with Crippen LogP contribution in [0, 0.1) is 11.7 Å². The van der Waals surface area contributed by atoms with Crippen LogP contribution in [-0.4, -0.2) is 40.2 Å². The first-order valence-electron chi connectivity index (χ1n) is 11.1. The molecule has 3 rings (SSSR count). The van der Waals surface area contributed by atoms with Crippen LogP contribution in [0.4, 0.5) is 22.4 Å². The van der Waals surface area contributed by atoms with Crippen LogP contribution in [0.2, 0.25) is 0 Å². The lowest BCUT2D eigenvalue weighted by atomic mass is 9.95. The Kier molecular flexibility index (Phi) is 7.23. The maximum Gasteiger partial charge on any atom is 0.416 e. The van der Waals surface area contributed by atoms with E-state index < -0.39 is 40.7 Å². The molecule has 0 aliphatic carbocycles. The number of rotatable bonds is 3. The molecule has 0 unspecified atom stereocenters. The van der Waals surface area contributed by atoms with E-state index in [0.29, 0.717) is 37.8 Å². The van der Waals surface area contributed by atoms with Crippen molar-refractivity contribution in [2.24, 2.45) is 10.9 Å². The second-order valence-electron chi connectivity index (χ2n) is 10.6. The highest BCUT2D eigenvalue weighted by Gasteiger charge is 2.35. The Labute approximate surface area is 205 Å². The Morgan fingerprint density at radius 1 is 1.11 bits per heavy atom. The van der Waals surface area contributed by atoms with Gasteiger partial charge in [0.2, 0.25) is 0 Å². The van der Waals surface area contributed by atoms with Gasteiger partial charge in [0.1, 0.15) is 11.4 Å². The van der Waals surface area contributed by atoms with Crippen molar-refractivity contribution in [1.82, 2.24) is 9.47 Å². The minimum absolute atomic E-state index is 0.0734. The topological polar surface area (TPSA) is 63.9 Å². The quantitative estimate of drug-likeness (QED) is 0.499. The first-order chi connectivity index (χ1) is 15.9. The normalized spacial score (nSPS) is 15.8. The lowest BCUT2D eigenvalue weighted by Gasteiger charge is -2.39. The number of hydrogen-bond donors (Lipinski definition) is 0. The number of aromatic nitrogens is 1. The number of carbonyl (C=O) groups excluding carboxylic acids is 2. The Balaban J connectivity index is 1.86. The number of hydrogen-bond acceptors (Lipinski definition) is 4. The van der Waals surface area contributed by atoms with E-state index in [0.717, 1.165) is 4.88 Å². The molecule has 6 nitrogen and oxygen atoms in total. The molecule has 2 amide bonds. The molecule has 35 heavy (non-hydrogen) atoms. The van der Waals surface area contributed by atoms with E-state index >= 15 is 0 Å². The zero-order valence-corrected chi connectivity index (χ0v) is 21.3. The lowest BCUT2D eigenvalue weighted by molar-refractivity contribution is -0.137. The van der Waals surface area contributed by atoms with E-state index in [9.17, 15) is 27.2 Å². The highest BCUT2D eigenvalue weighted by Crippen LogP contribution is 2.31. The first-order valence-corrected chi connectivity index (χ1v) is 11.9. The van der Waals surface area contributed by atoms with E-state index in [-0.39, 0.29) is 16.1 Å². The zero-order valence-electron chi connectivity index (χ0n) is 20.5. The molecule has 2 heterocycles. The van der Waals surface area contributed by atoms with Gasteiger partial charge >= 0.3 is 12.3 Å². The van der Waals surface area contributed by atoms with Crippen LogP contribution in [-0.2, 0) is 22.9 Å². The fraction of sp³-hybridized carbons (Fsp3) is 0.542. The van der Waals surface area contributed by atoms with Crippen LogP contribution in [0.3, 0.4) is 0 Å². The third-order valence-electron chi connectivity index (χ3n) is 5.24. The van der Waals surface area contributed by atoms with Crippen LogP contribution in [0.5, 0.6) is 0 Å². The fourth-order valence-corrected chi connectivity index (χ4v) is 4.45. The first kappa shape index (κ1) is 26.9. The number of ether oxygens (including phenoxy) is 1. The van der Waals surface area contributed by atoms with Crippen molar-refractivity contribution in [2.75, 3.05) is 13.1 Å². The zero-order chi connectivity index (χ0) is 26.3. The molecular weight excluding hydrogens is 486 g/mol. The Bertz CT molecular complexity index is 1180. The van der Waals surface area contributed by atoms with Gasteiger partial charge in [0.25, 0.3) is 5.91 Å². The highest BCUT2D eigenvalue weighted by molar-refractivity contribution is 7.09. The summed E-state index contributed by atoms with van der Waals surface area (Å²) in [5.41, 5.74) is -2.73. The van der Waals surface area contributed by atoms with Gasteiger partial charge in [0, 0.05) is 36.6 Å². The Morgan fingerprint density at radius 2 is 1.74 bits per heavy atom. The second kappa shape index (κ2) is 9.40. The van der Waals surface area contributed by atoms with Crippen molar-refractivity contribution < 1.29 is 31.9 Å². The molecule has 11 heteroatoms. The lowest BCUT2D eigenvalue weighted by Crippen LogP contribution is -2.53. The summed E-state index contributed by atoms with van der Waals surface area (Å²) >= 11 is 1.22. The van der Waals surface area contributed by atoms with Gasteiger partial charge < -0.3 is 14.2 Å². The van der Waals surface area contributed by atoms with Crippen molar-refractivity contribution in [1.29, 1.82) is 0 Å². The molecule has 1 aliphatic heterocycles. The van der Waals surface area contributed by atoms with Gasteiger partial charge in [-0.15, -0.1) is 11.3 Å². The number of nitrogens with zero attached hydrogens (tertiary/aromatic N) is 3. The fourth-order valence-electron chi connectivity index (χ4n) is 3.40. The molecule has 1 aromatic carbocycles. The Hall–Kier alpha value is -2.69. The summed E-state index contributed by atoms with van der Waals surface area (Å²) in [7, 11) is 0. The van der Waals surface area contributed by atoms with Crippen molar-refractivity contribution in [3.8, 4) is 0 Å². The number of benzene rings is 1. The standard InChI is InChI=1S/C24H29F4N3O3S/c1-22(2,3)18-13-30(10-14-11-31(12-14)21(33)34-23(4,5)6)20(35-18)29-19(32)16-9-15(24(26,27)28)7-8-17(16)25/h7-9,13-14H,10-12H2,1-6H3/b29-20-. The SMILES string of the molecule is CC(C)(C)OC(=O)N1CC(Cn2cc(C(C)(C)C)s/c2=N\C(=O)c2cc(C(F)(F)F)ccc2F)C1. The largest absolute Gasteiger partial charge is 0.444 e. The molecular formula is C24H29F4N3O3S. The number of alkyl halides is 3. The molecule has 1 aromatic heterocycles. The minimum Gasteiger partial charge on any atom is -0.444 e. The average molecular weight is 516 g/mol. The molecule has 1 aliphatic rings. The molecule has 0 spiro atoms. The maximum atomic E-state index is 14.2. The molecule has 2 aromatic rings. The van der Waals surface area contributed by atoms with Crippen molar-refractivity contribution >= 4 is 23.3 Å². The smallest absolute Gasteiger partial charge is 0.416 e. The third-order valence-corrected chi connectivity index (χ3v) is 6.69. The monoisotopic (exact) mass is 515 g/mol. The van der Waals surface area contributed by atoms with Crippen LogP contribution in [0.1, 0.15) is 62.3 Å². The van der Waals surface area contributed by atoms with E-state index in [4.69, 9.17) is 4.74 Å². The molecule has 0 bridgehead atoms. The molecule has 0 N–H and O–H groups in total. The van der Waals surface area contributed by atoms with E-state index in [1.165, 1.54) is 11.3 Å². The van der Waals surface area contributed by atoms with Gasteiger partial charge in [-0.05, 0) is 44.4 Å². The van der Waals surface area contributed by atoms with Crippen molar-refractivity contribution in [2.45, 2.75) is 65.3 Å². The molecule has 0 atom stereocenters. The van der Waals surface area contributed by atoms with Crippen LogP contribution >= 0.6 is 11.3 Å². The number of halogens is 4. The predicted molar refractivity (Wildman–Crippen MR) is 124 cm³/mol. The summed E-state index contributed by atoms with van der Waals surface area (Å²) in [6.45, 7) is 12.7. The van der Waals surface area contributed by atoms with Gasteiger partial charge in [-0.1, -0.05) is 20.8 Å². The number of amides is 2. The van der Waals surface area contributed by atoms with E-state index in [2.05, 4.69) is 4.99 Å². The third kappa shape index (κ3) is 6.71. The molecule has 0 radical (unpaired) electrons. The van der Waals surface area contributed by atoms with Crippen LogP contribution in [0.15, 0.2) is 29.4 Å². The van der Waals surface area contributed by atoms with Crippen molar-refractivity contribution in [3.63, 3.8) is 0 Å². The number of likely N-dealkylation sites (tertiary alicyclic amines) is 1. The number of thiazole rings is 1. The Morgan fingerprint density at radius 3 is 2.29 bits per heavy atom. The van der Waals surface area contributed by atoms with Gasteiger partial charge in [0.15, 0.2) is 4.80 Å². The minimum atomic E-state index is -4.71. The van der Waals surface area contributed by atoms with Gasteiger partial charge in [0.05, 0.1) is 11.1 Å². The summed E-state index contributed by atoms with van der Waals surface area (Å²) < 4.78 is 60.5. The predicted octanol–water partition coefficient (Wildman–Crippen LogP) is 5.61. The summed E-state index contributed by atoms with van der Waals surface area (Å²) in [6, 6.07) is 1.69. The molecule has 1 saturated heterocycles. The van der Waals surface area contributed by atoms with Gasteiger partial charge in [-0.2, -0.15) is 18.2 Å². The molecule has 192 valence electrons. The summed E-state index contributed by atoms with van der Waals surface area (Å²) in [5, 5.41) is 0. The van der Waals surface area contributed by atoms with Crippen LogP contribution < -0.4 is 4.80 Å². The maximum absolute atomic E-state index is 14.2. The number of carbonyl (C=O) groups is 2.